The summed E-state index contributed by atoms with van der Waals surface area (Å²) in [6.45, 7) is 4.78. The van der Waals surface area contributed by atoms with Gasteiger partial charge < -0.3 is 32.1 Å². The molecular weight excluding hydrogens is 446 g/mol. The number of carbonyl (C=O) groups is 4. The monoisotopic (exact) mass is 487 g/mol. The van der Waals surface area contributed by atoms with Crippen LogP contribution in [0.5, 0.6) is 0 Å². The predicted octanol–water partition coefficient (Wildman–Crippen LogP) is 0.287. The molecule has 4 atom stereocenters. The second-order valence-electron chi connectivity index (χ2n) is 8.95. The molecule has 1 aliphatic rings. The van der Waals surface area contributed by atoms with Gasteiger partial charge in [-0.15, -0.1) is 0 Å². The summed E-state index contributed by atoms with van der Waals surface area (Å²) in [4.78, 5) is 51.8. The number of likely N-dealkylation sites (tertiary alicyclic amines) is 1. The van der Waals surface area contributed by atoms with E-state index in [2.05, 4.69) is 10.6 Å². The first-order valence-electron chi connectivity index (χ1n) is 11.7. The Bertz CT molecular complexity index is 663. The number of hydrogen-bond donors (Lipinski definition) is 5. The van der Waals surface area contributed by atoms with Crippen molar-refractivity contribution >= 4 is 35.5 Å². The molecule has 1 fully saturated rings. The molecule has 7 N–H and O–H groups in total. The van der Waals surface area contributed by atoms with E-state index in [0.29, 0.717) is 63.8 Å². The zero-order chi connectivity index (χ0) is 25.0. The number of hydrogen-bond acceptors (Lipinski definition) is 7. The second kappa shape index (κ2) is 15.1. The lowest BCUT2D eigenvalue weighted by molar-refractivity contribution is -0.145. The summed E-state index contributed by atoms with van der Waals surface area (Å²) in [6, 6.07) is -3.29. The van der Waals surface area contributed by atoms with Gasteiger partial charge in [0.15, 0.2) is 0 Å². The van der Waals surface area contributed by atoms with Gasteiger partial charge in [0.2, 0.25) is 17.7 Å². The number of unbranched alkanes of at least 4 members (excludes halogenated alkanes) is 1. The Morgan fingerprint density at radius 3 is 2.39 bits per heavy atom. The number of aliphatic carboxylic acids is 1. The van der Waals surface area contributed by atoms with Crippen LogP contribution in [0.25, 0.3) is 0 Å². The number of amides is 3. The van der Waals surface area contributed by atoms with Crippen molar-refractivity contribution < 1.29 is 24.3 Å². The van der Waals surface area contributed by atoms with Crippen LogP contribution in [0, 0.1) is 5.92 Å². The van der Waals surface area contributed by atoms with Crippen molar-refractivity contribution in [3.63, 3.8) is 0 Å². The van der Waals surface area contributed by atoms with Gasteiger partial charge in [0.1, 0.15) is 18.1 Å². The Labute approximate surface area is 200 Å². The normalized spacial score (nSPS) is 18.6. The molecule has 0 bridgehead atoms. The molecule has 190 valence electrons. The highest BCUT2D eigenvalue weighted by molar-refractivity contribution is 7.98. The molecule has 1 saturated heterocycles. The largest absolute Gasteiger partial charge is 0.480 e. The Kier molecular flexibility index (Phi) is 13.4. The van der Waals surface area contributed by atoms with E-state index in [4.69, 9.17) is 11.5 Å². The maximum absolute atomic E-state index is 13.4. The lowest BCUT2D eigenvalue weighted by Gasteiger charge is -2.30. The molecular formula is C22H41N5O5S. The van der Waals surface area contributed by atoms with E-state index < -0.39 is 42.0 Å². The van der Waals surface area contributed by atoms with Crippen molar-refractivity contribution in [2.45, 2.75) is 83.0 Å². The molecule has 1 heterocycles. The summed E-state index contributed by atoms with van der Waals surface area (Å²) in [5.41, 5.74) is 11.6. The van der Waals surface area contributed by atoms with E-state index in [0.717, 1.165) is 0 Å². The van der Waals surface area contributed by atoms with Crippen LogP contribution in [0.3, 0.4) is 0 Å². The van der Waals surface area contributed by atoms with Crippen molar-refractivity contribution in [3.8, 4) is 0 Å². The molecule has 0 aromatic rings. The standard InChI is InChI=1S/C22H41N5O5S/c1-14(2)13-15(24)19(28)25-16(7-4-5-10-23)21(30)27-11-6-8-18(27)20(29)26-17(22(31)32)9-12-33-3/h14-18H,4-13,23-24H2,1-3H3,(H,25,28)(H,26,29)(H,31,32). The Hall–Kier alpha value is -1.85. The fraction of sp³-hybridized carbons (Fsp3) is 0.818. The topological polar surface area (TPSA) is 168 Å². The molecule has 0 aliphatic carbocycles. The van der Waals surface area contributed by atoms with Crippen LogP contribution >= 0.6 is 11.8 Å². The summed E-state index contributed by atoms with van der Waals surface area (Å²) < 4.78 is 0. The van der Waals surface area contributed by atoms with Gasteiger partial charge in [-0.3, -0.25) is 14.4 Å². The van der Waals surface area contributed by atoms with Crippen molar-refractivity contribution in [1.29, 1.82) is 0 Å². The number of nitrogens with two attached hydrogens (primary N) is 2. The van der Waals surface area contributed by atoms with Gasteiger partial charge in [-0.05, 0) is 69.4 Å². The van der Waals surface area contributed by atoms with Crippen LogP contribution in [-0.4, -0.2) is 83.0 Å². The van der Waals surface area contributed by atoms with Gasteiger partial charge >= 0.3 is 5.97 Å². The summed E-state index contributed by atoms with van der Waals surface area (Å²) >= 11 is 1.50. The molecule has 0 spiro atoms. The summed E-state index contributed by atoms with van der Waals surface area (Å²) in [7, 11) is 0. The number of carboxylic acids is 1. The Morgan fingerprint density at radius 1 is 1.12 bits per heavy atom. The zero-order valence-corrected chi connectivity index (χ0v) is 20.9. The molecule has 0 saturated carbocycles. The van der Waals surface area contributed by atoms with Gasteiger partial charge in [-0.2, -0.15) is 11.8 Å². The lowest BCUT2D eigenvalue weighted by atomic mass is 10.0. The van der Waals surface area contributed by atoms with Gasteiger partial charge in [0, 0.05) is 6.54 Å². The first kappa shape index (κ1) is 29.2. The number of rotatable bonds is 15. The van der Waals surface area contributed by atoms with E-state index >= 15 is 0 Å². The minimum absolute atomic E-state index is 0.233. The quantitative estimate of drug-likeness (QED) is 0.205. The predicted molar refractivity (Wildman–Crippen MR) is 130 cm³/mol. The molecule has 33 heavy (non-hydrogen) atoms. The van der Waals surface area contributed by atoms with Gasteiger partial charge in [-0.25, -0.2) is 4.79 Å². The van der Waals surface area contributed by atoms with Crippen LogP contribution < -0.4 is 22.1 Å². The Morgan fingerprint density at radius 2 is 1.82 bits per heavy atom. The molecule has 1 aliphatic heterocycles. The first-order chi connectivity index (χ1) is 15.6. The average Bonchev–Trinajstić information content (AvgIpc) is 3.24. The maximum Gasteiger partial charge on any atom is 0.326 e. The third-order valence-corrected chi connectivity index (χ3v) is 6.33. The second-order valence-corrected chi connectivity index (χ2v) is 9.94. The molecule has 11 heteroatoms. The highest BCUT2D eigenvalue weighted by Gasteiger charge is 2.38. The van der Waals surface area contributed by atoms with E-state index in [1.165, 1.54) is 16.7 Å². The Balaban J connectivity index is 2.91. The third kappa shape index (κ3) is 9.89. The number of nitrogens with zero attached hydrogens (tertiary/aromatic N) is 1. The van der Waals surface area contributed by atoms with Crippen LogP contribution in [-0.2, 0) is 19.2 Å². The minimum atomic E-state index is -1.10. The number of carbonyl (C=O) groups excluding carboxylic acids is 3. The number of nitrogens with one attached hydrogen (secondary N) is 2. The molecule has 10 nitrogen and oxygen atoms in total. The van der Waals surface area contributed by atoms with E-state index in [1.807, 2.05) is 20.1 Å². The molecule has 0 aromatic carbocycles. The van der Waals surface area contributed by atoms with Gasteiger partial charge in [0.25, 0.3) is 0 Å². The first-order valence-corrected chi connectivity index (χ1v) is 13.1. The third-order valence-electron chi connectivity index (χ3n) is 5.69. The van der Waals surface area contributed by atoms with E-state index in [1.54, 1.807) is 0 Å². The molecule has 4 unspecified atom stereocenters. The van der Waals surface area contributed by atoms with Crippen LogP contribution in [0.2, 0.25) is 0 Å². The van der Waals surface area contributed by atoms with Gasteiger partial charge in [0.05, 0.1) is 6.04 Å². The summed E-state index contributed by atoms with van der Waals surface area (Å²) in [5, 5.41) is 14.8. The summed E-state index contributed by atoms with van der Waals surface area (Å²) in [5.74, 6) is -1.48. The van der Waals surface area contributed by atoms with Crippen molar-refractivity contribution in [2.24, 2.45) is 17.4 Å². The minimum Gasteiger partial charge on any atom is -0.480 e. The van der Waals surface area contributed by atoms with Crippen molar-refractivity contribution in [1.82, 2.24) is 15.5 Å². The van der Waals surface area contributed by atoms with Crippen molar-refractivity contribution in [2.75, 3.05) is 25.1 Å². The number of carboxylic acid groups (broad SMARTS) is 1. The maximum atomic E-state index is 13.4. The zero-order valence-electron chi connectivity index (χ0n) is 20.0. The van der Waals surface area contributed by atoms with Crippen LogP contribution in [0.15, 0.2) is 0 Å². The van der Waals surface area contributed by atoms with E-state index in [-0.39, 0.29) is 11.8 Å². The average molecular weight is 488 g/mol. The number of thioether (sulfide) groups is 1. The molecule has 0 radical (unpaired) electrons. The van der Waals surface area contributed by atoms with E-state index in [9.17, 15) is 24.3 Å². The molecule has 3 amide bonds. The van der Waals surface area contributed by atoms with Gasteiger partial charge in [-0.1, -0.05) is 13.8 Å². The highest BCUT2D eigenvalue weighted by atomic mass is 32.2. The van der Waals surface area contributed by atoms with Crippen molar-refractivity contribution in [3.05, 3.63) is 0 Å². The highest BCUT2D eigenvalue weighted by Crippen LogP contribution is 2.20. The van der Waals surface area contributed by atoms with Crippen LogP contribution in [0.4, 0.5) is 0 Å². The smallest absolute Gasteiger partial charge is 0.326 e. The SMILES string of the molecule is CSCCC(NC(=O)C1CCCN1C(=O)C(CCCCN)NC(=O)C(N)CC(C)C)C(=O)O. The molecule has 0 aromatic heterocycles. The van der Waals surface area contributed by atoms with Crippen LogP contribution in [0.1, 0.15) is 58.8 Å². The fourth-order valence-electron chi connectivity index (χ4n) is 3.91. The summed E-state index contributed by atoms with van der Waals surface area (Å²) in [6.07, 6.45) is 5.48. The molecule has 1 rings (SSSR count). The fourth-order valence-corrected chi connectivity index (χ4v) is 4.38. The lowest BCUT2D eigenvalue weighted by Crippen LogP contribution is -2.56.